The smallest absolute Gasteiger partial charge is 0.248 e. The fourth-order valence-electron chi connectivity index (χ4n) is 3.95. The number of benzene rings is 1. The first kappa shape index (κ1) is 20.6. The van der Waals surface area contributed by atoms with Crippen molar-refractivity contribution in [3.63, 3.8) is 0 Å². The molecular weight excluding hydrogens is 401 g/mol. The molecule has 4 rings (SSSR count). The predicted molar refractivity (Wildman–Crippen MR) is 110 cm³/mol. The zero-order chi connectivity index (χ0) is 18.9. The van der Waals surface area contributed by atoms with Gasteiger partial charge in [-0.15, -0.1) is 12.4 Å². The number of rotatable bonds is 4. The maximum atomic E-state index is 13.2. The van der Waals surface area contributed by atoms with Crippen molar-refractivity contribution in [2.45, 2.75) is 30.8 Å². The van der Waals surface area contributed by atoms with Crippen LogP contribution in [0.5, 0.6) is 0 Å². The van der Waals surface area contributed by atoms with Crippen LogP contribution in [0.2, 0.25) is 5.02 Å². The Labute approximate surface area is 174 Å². The van der Waals surface area contributed by atoms with Crippen LogP contribution in [-0.4, -0.2) is 47.3 Å². The molecule has 1 unspecified atom stereocenters. The number of hydrogen-bond acceptors (Lipinski definition) is 4. The van der Waals surface area contributed by atoms with Gasteiger partial charge in [0.05, 0.1) is 16.8 Å². The quantitative estimate of drug-likeness (QED) is 0.787. The summed E-state index contributed by atoms with van der Waals surface area (Å²) >= 11 is 6.23. The largest absolute Gasteiger partial charge is 0.349 e. The molecule has 1 aromatic carbocycles. The van der Waals surface area contributed by atoms with Gasteiger partial charge in [-0.05, 0) is 44.1 Å². The lowest BCUT2D eigenvalue weighted by atomic mass is 9.87. The molecule has 2 aliphatic rings. The summed E-state index contributed by atoms with van der Waals surface area (Å²) in [6.45, 7) is 1.92. The van der Waals surface area contributed by atoms with Crippen molar-refractivity contribution < 1.29 is 9.59 Å². The molecule has 1 atom stereocenters. The van der Waals surface area contributed by atoms with Crippen LogP contribution in [0.1, 0.15) is 19.3 Å². The minimum atomic E-state index is -0.713. The van der Waals surface area contributed by atoms with Crippen LogP contribution in [0.25, 0.3) is 0 Å². The summed E-state index contributed by atoms with van der Waals surface area (Å²) in [5.41, 5.74) is -0.0279. The second kappa shape index (κ2) is 8.51. The van der Waals surface area contributed by atoms with Crippen molar-refractivity contribution in [2.24, 2.45) is 0 Å². The number of carbonyl (C=O) groups excluding carboxylic acids is 2. The van der Waals surface area contributed by atoms with Gasteiger partial charge in [0, 0.05) is 25.4 Å². The Morgan fingerprint density at radius 2 is 2.00 bits per heavy atom. The first-order valence-corrected chi connectivity index (χ1v) is 9.55. The van der Waals surface area contributed by atoms with Gasteiger partial charge in [-0.25, -0.2) is 0 Å². The van der Waals surface area contributed by atoms with Crippen LogP contribution in [0.3, 0.4) is 0 Å². The fourth-order valence-corrected chi connectivity index (χ4v) is 4.19. The third-order valence-electron chi connectivity index (χ3n) is 5.40. The molecule has 28 heavy (non-hydrogen) atoms. The number of hydrogen-bond donors (Lipinski definition) is 2. The van der Waals surface area contributed by atoms with E-state index in [0.717, 1.165) is 13.1 Å². The number of carbonyl (C=O) groups is 2. The van der Waals surface area contributed by atoms with E-state index in [-0.39, 0.29) is 36.7 Å². The Kier molecular flexibility index (Phi) is 6.27. The Morgan fingerprint density at radius 1 is 1.25 bits per heavy atom. The number of piperidine rings is 1. The molecule has 3 heterocycles. The summed E-state index contributed by atoms with van der Waals surface area (Å²) in [5.74, 6) is -0.113. The maximum absolute atomic E-state index is 13.2. The highest BCUT2D eigenvalue weighted by atomic mass is 35.5. The summed E-state index contributed by atoms with van der Waals surface area (Å²) in [6.07, 6.45) is 5.12. The van der Waals surface area contributed by atoms with Crippen molar-refractivity contribution >= 4 is 41.5 Å². The molecule has 2 N–H and O–H groups in total. The third kappa shape index (κ3) is 3.74. The third-order valence-corrected chi connectivity index (χ3v) is 5.72. The second-order valence-electron chi connectivity index (χ2n) is 7.06. The SMILES string of the molecule is Cl.O=C1CC(NC(=O)C2(n3cccn3)CCNCC2)CN1c1ccccc1Cl. The van der Waals surface area contributed by atoms with E-state index in [1.54, 1.807) is 21.8 Å². The van der Waals surface area contributed by atoms with E-state index in [0.29, 0.717) is 30.1 Å². The number of nitrogens with one attached hydrogen (secondary N) is 2. The van der Waals surface area contributed by atoms with Crippen LogP contribution < -0.4 is 15.5 Å². The average molecular weight is 424 g/mol. The van der Waals surface area contributed by atoms with Gasteiger partial charge in [0.2, 0.25) is 11.8 Å². The summed E-state index contributed by atoms with van der Waals surface area (Å²) in [4.78, 5) is 27.4. The molecule has 0 radical (unpaired) electrons. The Bertz CT molecular complexity index is 837. The van der Waals surface area contributed by atoms with E-state index in [4.69, 9.17) is 11.6 Å². The highest BCUT2D eigenvalue weighted by Gasteiger charge is 2.44. The van der Waals surface area contributed by atoms with Gasteiger partial charge >= 0.3 is 0 Å². The summed E-state index contributed by atoms with van der Waals surface area (Å²) in [5, 5.41) is 11.2. The second-order valence-corrected chi connectivity index (χ2v) is 7.47. The van der Waals surface area contributed by atoms with E-state index >= 15 is 0 Å². The molecule has 1 aromatic heterocycles. The molecule has 150 valence electrons. The van der Waals surface area contributed by atoms with Crippen molar-refractivity contribution in [1.29, 1.82) is 0 Å². The minimum absolute atomic E-state index is 0. The number of amides is 2. The van der Waals surface area contributed by atoms with Crippen molar-refractivity contribution in [3.8, 4) is 0 Å². The van der Waals surface area contributed by atoms with Gasteiger partial charge < -0.3 is 15.5 Å². The molecule has 2 amide bonds. The lowest BCUT2D eigenvalue weighted by molar-refractivity contribution is -0.132. The van der Waals surface area contributed by atoms with E-state index in [2.05, 4.69) is 15.7 Å². The number of anilines is 1. The summed E-state index contributed by atoms with van der Waals surface area (Å²) in [7, 11) is 0. The number of aromatic nitrogens is 2. The van der Waals surface area contributed by atoms with Crippen molar-refractivity contribution in [3.05, 3.63) is 47.7 Å². The molecule has 2 aromatic rings. The van der Waals surface area contributed by atoms with E-state index < -0.39 is 5.54 Å². The van der Waals surface area contributed by atoms with Crippen molar-refractivity contribution in [1.82, 2.24) is 20.4 Å². The Hall–Kier alpha value is -2.09. The lowest BCUT2D eigenvalue weighted by Gasteiger charge is -2.37. The molecule has 7 nitrogen and oxygen atoms in total. The highest BCUT2D eigenvalue weighted by molar-refractivity contribution is 6.33. The molecule has 0 saturated carbocycles. The molecule has 0 aliphatic carbocycles. The Balaban J connectivity index is 0.00000225. The number of nitrogens with zero attached hydrogens (tertiary/aromatic N) is 3. The molecule has 2 saturated heterocycles. The topological polar surface area (TPSA) is 79.3 Å². The van der Waals surface area contributed by atoms with Gasteiger partial charge in [0.25, 0.3) is 0 Å². The predicted octanol–water partition coefficient (Wildman–Crippen LogP) is 1.96. The van der Waals surface area contributed by atoms with Crippen LogP contribution in [-0.2, 0) is 15.1 Å². The Morgan fingerprint density at radius 3 is 2.68 bits per heavy atom. The maximum Gasteiger partial charge on any atom is 0.248 e. The van der Waals surface area contributed by atoms with Gasteiger partial charge in [-0.2, -0.15) is 5.10 Å². The molecule has 9 heteroatoms. The zero-order valence-corrected chi connectivity index (χ0v) is 16.9. The van der Waals surface area contributed by atoms with Gasteiger partial charge in [0.15, 0.2) is 0 Å². The van der Waals surface area contributed by atoms with Gasteiger partial charge in [-0.1, -0.05) is 23.7 Å². The lowest BCUT2D eigenvalue weighted by Crippen LogP contribution is -2.56. The molecule has 2 fully saturated rings. The van der Waals surface area contributed by atoms with E-state index in [1.807, 2.05) is 30.5 Å². The molecule has 0 bridgehead atoms. The zero-order valence-electron chi connectivity index (χ0n) is 15.3. The summed E-state index contributed by atoms with van der Waals surface area (Å²) in [6, 6.07) is 8.84. The van der Waals surface area contributed by atoms with Gasteiger partial charge in [0.1, 0.15) is 5.54 Å². The van der Waals surface area contributed by atoms with E-state index in [9.17, 15) is 9.59 Å². The normalized spacial score (nSPS) is 21.2. The monoisotopic (exact) mass is 423 g/mol. The van der Waals surface area contributed by atoms with Gasteiger partial charge in [-0.3, -0.25) is 14.3 Å². The molecular formula is C19H23Cl2N5O2. The van der Waals surface area contributed by atoms with Crippen molar-refractivity contribution in [2.75, 3.05) is 24.5 Å². The highest BCUT2D eigenvalue weighted by Crippen LogP contribution is 2.31. The van der Waals surface area contributed by atoms with E-state index in [1.165, 1.54) is 0 Å². The standard InChI is InChI=1S/C19H22ClN5O2.ClH/c20-15-4-1-2-5-16(15)24-13-14(12-17(24)26)23-18(27)19(6-9-21-10-7-19)25-11-3-8-22-25;/h1-5,8,11,14,21H,6-7,9-10,12-13H2,(H,23,27);1H. The van der Waals surface area contributed by atoms with Crippen LogP contribution in [0.4, 0.5) is 5.69 Å². The first-order chi connectivity index (χ1) is 13.1. The fraction of sp³-hybridized carbons (Fsp3) is 0.421. The summed E-state index contributed by atoms with van der Waals surface area (Å²) < 4.78 is 1.76. The number of para-hydroxylation sites is 1. The minimum Gasteiger partial charge on any atom is -0.349 e. The van der Waals surface area contributed by atoms with Crippen LogP contribution >= 0.6 is 24.0 Å². The van der Waals surface area contributed by atoms with Crippen LogP contribution in [0.15, 0.2) is 42.7 Å². The molecule has 0 spiro atoms. The first-order valence-electron chi connectivity index (χ1n) is 9.17. The number of halogens is 2. The average Bonchev–Trinajstić information content (AvgIpc) is 3.33. The molecule has 2 aliphatic heterocycles. The van der Waals surface area contributed by atoms with Crippen LogP contribution in [0, 0.1) is 0 Å².